The smallest absolute Gasteiger partial charge is 0.339 e. The fourth-order valence-electron chi connectivity index (χ4n) is 2.59. The summed E-state index contributed by atoms with van der Waals surface area (Å²) in [4.78, 5) is 32.1. The lowest BCUT2D eigenvalue weighted by Gasteiger charge is -2.11. The first-order valence-corrected chi connectivity index (χ1v) is 10.7. The highest BCUT2D eigenvalue weighted by atomic mass is 35.5. The van der Waals surface area contributed by atoms with Crippen molar-refractivity contribution in [2.24, 2.45) is 0 Å². The lowest BCUT2D eigenvalue weighted by atomic mass is 10.1. The van der Waals surface area contributed by atoms with Gasteiger partial charge in [-0.25, -0.2) is 27.6 Å². The molecule has 160 valence electrons. The fourth-order valence-corrected chi connectivity index (χ4v) is 3.97. The predicted molar refractivity (Wildman–Crippen MR) is 110 cm³/mol. The number of para-hydroxylation sites is 1. The van der Waals surface area contributed by atoms with E-state index in [0.29, 0.717) is 5.56 Å². The standard InChI is InChI=1S/C20H15ClFN3O5S/c1-30-19(27)14-4-2-3-5-16(14)24-18(26)17-15(21)10-23-20(25-17)31(28,29)11-12-6-8-13(22)9-7-12/h2-10H,11H2,1H3,(H,24,26). The van der Waals surface area contributed by atoms with E-state index < -0.39 is 44.1 Å². The Morgan fingerprint density at radius 2 is 1.81 bits per heavy atom. The Labute approximate surface area is 182 Å². The number of benzene rings is 2. The van der Waals surface area contributed by atoms with Gasteiger partial charge in [-0.1, -0.05) is 35.9 Å². The van der Waals surface area contributed by atoms with Crippen LogP contribution in [0.4, 0.5) is 10.1 Å². The maximum atomic E-state index is 13.0. The van der Waals surface area contributed by atoms with Gasteiger partial charge in [0.05, 0.1) is 35.3 Å². The van der Waals surface area contributed by atoms with E-state index in [1.807, 2.05) is 0 Å². The van der Waals surface area contributed by atoms with E-state index in [1.165, 1.54) is 31.4 Å². The number of carbonyl (C=O) groups excluding carboxylic acids is 2. The van der Waals surface area contributed by atoms with Crippen molar-refractivity contribution in [3.8, 4) is 0 Å². The lowest BCUT2D eigenvalue weighted by Crippen LogP contribution is -2.19. The highest BCUT2D eigenvalue weighted by Gasteiger charge is 2.24. The SMILES string of the molecule is COC(=O)c1ccccc1NC(=O)c1nc(S(=O)(=O)Cc2ccc(F)cc2)ncc1Cl. The number of carbonyl (C=O) groups is 2. The molecule has 3 aromatic rings. The van der Waals surface area contributed by atoms with Crippen LogP contribution in [0.15, 0.2) is 59.9 Å². The first-order valence-electron chi connectivity index (χ1n) is 8.69. The number of halogens is 2. The number of sulfone groups is 1. The third kappa shape index (κ3) is 5.22. The van der Waals surface area contributed by atoms with Gasteiger partial charge < -0.3 is 10.1 Å². The molecule has 0 spiro atoms. The van der Waals surface area contributed by atoms with Gasteiger partial charge in [0.15, 0.2) is 5.69 Å². The highest BCUT2D eigenvalue weighted by Crippen LogP contribution is 2.21. The van der Waals surface area contributed by atoms with Crippen LogP contribution in [0.1, 0.15) is 26.4 Å². The van der Waals surface area contributed by atoms with Gasteiger partial charge in [0.2, 0.25) is 15.0 Å². The minimum absolute atomic E-state index is 0.0904. The number of nitrogens with zero attached hydrogens (tertiary/aromatic N) is 2. The maximum absolute atomic E-state index is 13.0. The summed E-state index contributed by atoms with van der Waals surface area (Å²) in [6, 6.07) is 11.0. The molecular weight excluding hydrogens is 449 g/mol. The Kier molecular flexibility index (Phi) is 6.62. The lowest BCUT2D eigenvalue weighted by molar-refractivity contribution is 0.0602. The van der Waals surface area contributed by atoms with Crippen molar-refractivity contribution in [3.05, 3.63) is 82.4 Å². The molecule has 0 aliphatic heterocycles. The number of hydrogen-bond donors (Lipinski definition) is 1. The molecule has 31 heavy (non-hydrogen) atoms. The van der Waals surface area contributed by atoms with Gasteiger partial charge in [0, 0.05) is 0 Å². The molecule has 0 atom stereocenters. The molecule has 8 nitrogen and oxygen atoms in total. The second kappa shape index (κ2) is 9.19. The number of esters is 1. The normalized spacial score (nSPS) is 11.1. The molecule has 0 saturated carbocycles. The summed E-state index contributed by atoms with van der Waals surface area (Å²) in [6.07, 6.45) is 0.993. The van der Waals surface area contributed by atoms with E-state index >= 15 is 0 Å². The molecule has 1 aromatic heterocycles. The van der Waals surface area contributed by atoms with Crippen molar-refractivity contribution in [3.63, 3.8) is 0 Å². The van der Waals surface area contributed by atoms with Crippen LogP contribution in [0.3, 0.4) is 0 Å². The number of methoxy groups -OCH3 is 1. The van der Waals surface area contributed by atoms with Crippen LogP contribution < -0.4 is 5.32 Å². The van der Waals surface area contributed by atoms with E-state index in [4.69, 9.17) is 11.6 Å². The minimum Gasteiger partial charge on any atom is -0.465 e. The van der Waals surface area contributed by atoms with Crippen molar-refractivity contribution < 1.29 is 27.1 Å². The third-order valence-corrected chi connectivity index (χ3v) is 5.81. The van der Waals surface area contributed by atoms with Gasteiger partial charge >= 0.3 is 5.97 Å². The van der Waals surface area contributed by atoms with Gasteiger partial charge in [0.1, 0.15) is 5.82 Å². The molecule has 1 amide bonds. The Morgan fingerprint density at radius 1 is 1.13 bits per heavy atom. The van der Waals surface area contributed by atoms with Crippen LogP contribution >= 0.6 is 11.6 Å². The molecule has 0 saturated heterocycles. The molecule has 3 rings (SSSR count). The number of ether oxygens (including phenoxy) is 1. The molecule has 1 N–H and O–H groups in total. The first kappa shape index (κ1) is 22.3. The molecular formula is C20H15ClFN3O5S. The zero-order valence-corrected chi connectivity index (χ0v) is 17.6. The topological polar surface area (TPSA) is 115 Å². The van der Waals surface area contributed by atoms with Crippen molar-refractivity contribution >= 4 is 39.0 Å². The van der Waals surface area contributed by atoms with Gasteiger partial charge in [-0.15, -0.1) is 0 Å². The molecule has 0 radical (unpaired) electrons. The number of amides is 1. The van der Waals surface area contributed by atoms with Gasteiger partial charge in [-0.3, -0.25) is 4.79 Å². The van der Waals surface area contributed by atoms with Crippen LogP contribution in [0.25, 0.3) is 0 Å². The maximum Gasteiger partial charge on any atom is 0.339 e. The van der Waals surface area contributed by atoms with E-state index in [-0.39, 0.29) is 16.3 Å². The molecule has 0 bridgehead atoms. The first-order chi connectivity index (χ1) is 14.7. The summed E-state index contributed by atoms with van der Waals surface area (Å²) in [5, 5.41) is 1.66. The van der Waals surface area contributed by atoms with E-state index in [2.05, 4.69) is 20.0 Å². The van der Waals surface area contributed by atoms with Crippen molar-refractivity contribution in [2.45, 2.75) is 10.9 Å². The summed E-state index contributed by atoms with van der Waals surface area (Å²) in [6.45, 7) is 0. The third-order valence-electron chi connectivity index (χ3n) is 4.07. The number of nitrogens with one attached hydrogen (secondary N) is 1. The van der Waals surface area contributed by atoms with E-state index in [0.717, 1.165) is 18.3 Å². The van der Waals surface area contributed by atoms with Gasteiger partial charge in [-0.2, -0.15) is 0 Å². The monoisotopic (exact) mass is 463 g/mol. The van der Waals surface area contributed by atoms with E-state index in [1.54, 1.807) is 12.1 Å². The Bertz CT molecular complexity index is 1250. The molecule has 0 unspecified atom stereocenters. The molecule has 0 aliphatic carbocycles. The number of rotatable bonds is 6. The van der Waals surface area contributed by atoms with E-state index in [9.17, 15) is 22.4 Å². The summed E-state index contributed by atoms with van der Waals surface area (Å²) in [7, 11) is -2.86. The Morgan fingerprint density at radius 3 is 2.48 bits per heavy atom. The quantitative estimate of drug-likeness (QED) is 0.440. The number of hydrogen-bond acceptors (Lipinski definition) is 7. The molecule has 1 heterocycles. The minimum atomic E-state index is -4.05. The average molecular weight is 464 g/mol. The zero-order chi connectivity index (χ0) is 22.6. The summed E-state index contributed by atoms with van der Waals surface area (Å²) in [5.41, 5.74) is 0.143. The van der Waals surface area contributed by atoms with Crippen molar-refractivity contribution in [1.82, 2.24) is 9.97 Å². The second-order valence-corrected chi connectivity index (χ2v) is 8.52. The highest BCUT2D eigenvalue weighted by molar-refractivity contribution is 7.90. The van der Waals surface area contributed by atoms with Crippen LogP contribution in [0.5, 0.6) is 0 Å². The summed E-state index contributed by atoms with van der Waals surface area (Å²) in [5.74, 6) is -2.52. The molecule has 11 heteroatoms. The Balaban J connectivity index is 1.90. The van der Waals surface area contributed by atoms with Gasteiger partial charge in [-0.05, 0) is 29.8 Å². The van der Waals surface area contributed by atoms with Gasteiger partial charge in [0.25, 0.3) is 5.91 Å². The predicted octanol–water partition coefficient (Wildman–Crippen LogP) is 3.28. The van der Waals surface area contributed by atoms with Crippen LogP contribution in [-0.2, 0) is 20.3 Å². The number of aromatic nitrogens is 2. The molecule has 2 aromatic carbocycles. The summed E-state index contributed by atoms with van der Waals surface area (Å²) >= 11 is 6.00. The molecule has 0 aliphatic rings. The molecule has 0 fully saturated rings. The average Bonchev–Trinajstić information content (AvgIpc) is 2.75. The largest absolute Gasteiger partial charge is 0.465 e. The van der Waals surface area contributed by atoms with Crippen molar-refractivity contribution in [2.75, 3.05) is 12.4 Å². The Hall–Kier alpha value is -3.37. The van der Waals surface area contributed by atoms with Crippen molar-refractivity contribution in [1.29, 1.82) is 0 Å². The van der Waals surface area contributed by atoms with Crippen LogP contribution in [0.2, 0.25) is 5.02 Å². The summed E-state index contributed by atoms with van der Waals surface area (Å²) < 4.78 is 43.0. The number of anilines is 1. The zero-order valence-electron chi connectivity index (χ0n) is 16.0. The second-order valence-electron chi connectivity index (χ2n) is 6.23. The fraction of sp³-hybridized carbons (Fsp3) is 0.100. The van der Waals surface area contributed by atoms with Crippen LogP contribution in [0, 0.1) is 5.82 Å². The van der Waals surface area contributed by atoms with Crippen LogP contribution in [-0.4, -0.2) is 37.4 Å².